The summed E-state index contributed by atoms with van der Waals surface area (Å²) in [4.78, 5) is 37.4. The molecule has 0 saturated carbocycles. The zero-order valence-electron chi connectivity index (χ0n) is 24.6. The molecule has 4 atom stereocenters. The number of benzene rings is 2. The van der Waals surface area contributed by atoms with Crippen molar-refractivity contribution in [2.75, 3.05) is 11.4 Å². The second-order valence-corrected chi connectivity index (χ2v) is 13.2. The predicted molar refractivity (Wildman–Crippen MR) is 159 cm³/mol. The van der Waals surface area contributed by atoms with E-state index in [0.29, 0.717) is 17.7 Å². The number of anilines is 1. The molecule has 0 bridgehead atoms. The number of aliphatic hydroxyl groups is 1. The Morgan fingerprint density at radius 3 is 2.10 bits per heavy atom. The molecular weight excluding hydrogens is 546 g/mol. The Labute approximate surface area is 243 Å². The van der Waals surface area contributed by atoms with E-state index in [-0.39, 0.29) is 29.6 Å². The molecule has 0 aliphatic carbocycles. The molecule has 4 N–H and O–H groups in total. The number of carboxylic acids is 1. The number of aliphatic carboxylic acids is 1. The highest BCUT2D eigenvalue weighted by Crippen LogP contribution is 2.22. The quantitative estimate of drug-likeness (QED) is 0.248. The Hall–Kier alpha value is -3.44. The number of carbonyl (C=O) groups is 3. The lowest BCUT2D eigenvalue weighted by atomic mass is 9.92. The molecule has 0 aromatic heterocycles. The van der Waals surface area contributed by atoms with Crippen LogP contribution in [0, 0.1) is 17.8 Å². The van der Waals surface area contributed by atoms with Gasteiger partial charge in [-0.05, 0) is 48.4 Å². The van der Waals surface area contributed by atoms with Crippen molar-refractivity contribution in [3.05, 3.63) is 65.7 Å². The average molecular weight is 590 g/mol. The summed E-state index contributed by atoms with van der Waals surface area (Å²) < 4.78 is 27.1. The third kappa shape index (κ3) is 10.2. The fourth-order valence-corrected chi connectivity index (χ4v) is 5.64. The maximum atomic E-state index is 13.2. The summed E-state index contributed by atoms with van der Waals surface area (Å²) in [6.07, 6.45) is -0.647. The first-order chi connectivity index (χ1) is 19.1. The molecule has 0 aliphatic rings. The molecule has 10 nitrogen and oxygen atoms in total. The lowest BCUT2D eigenvalue weighted by molar-refractivity contribution is -0.143. The van der Waals surface area contributed by atoms with Crippen LogP contribution in [0.25, 0.3) is 0 Å². The van der Waals surface area contributed by atoms with E-state index in [4.69, 9.17) is 0 Å². The van der Waals surface area contributed by atoms with E-state index in [1.165, 1.54) is 13.1 Å². The Morgan fingerprint density at radius 1 is 0.902 bits per heavy atom. The van der Waals surface area contributed by atoms with Gasteiger partial charge in [-0.3, -0.25) is 13.9 Å². The number of hydrogen-bond donors (Lipinski definition) is 4. The van der Waals surface area contributed by atoms with Gasteiger partial charge in [0.05, 0.1) is 23.6 Å². The van der Waals surface area contributed by atoms with Gasteiger partial charge in [0.25, 0.3) is 5.91 Å². The Balaban J connectivity index is 2.15. The van der Waals surface area contributed by atoms with Gasteiger partial charge in [-0.1, -0.05) is 71.0 Å². The zero-order valence-corrected chi connectivity index (χ0v) is 25.4. The Bertz CT molecular complexity index is 1280. The molecule has 0 spiro atoms. The molecule has 0 aliphatic heterocycles. The standard InChI is InChI=1S/C30H43N3O7S/c1-19(2)15-25(26(34)16-21(5)28(35)32-27(20(3)4)30(37)38)31-29(36)23-13-10-14-24(17-23)33(6)41(39,40)18-22-11-8-7-9-12-22/h7-14,17,19-21,25-27,34H,15-16,18H2,1-6H3,(H,31,36)(H,32,35)(H,37,38)/t21?,25-,26?,27-/m0/s1. The van der Waals surface area contributed by atoms with Crippen molar-refractivity contribution in [2.24, 2.45) is 17.8 Å². The highest BCUT2D eigenvalue weighted by molar-refractivity contribution is 7.92. The van der Waals surface area contributed by atoms with Gasteiger partial charge in [0.1, 0.15) is 6.04 Å². The number of amides is 2. The second kappa shape index (κ2) is 15.0. The van der Waals surface area contributed by atoms with Crippen molar-refractivity contribution >= 4 is 33.5 Å². The summed E-state index contributed by atoms with van der Waals surface area (Å²) in [5, 5.41) is 25.8. The van der Waals surface area contributed by atoms with Crippen LogP contribution >= 0.6 is 0 Å². The van der Waals surface area contributed by atoms with E-state index in [9.17, 15) is 33.0 Å². The van der Waals surface area contributed by atoms with E-state index in [1.807, 2.05) is 19.9 Å². The number of hydrogen-bond acceptors (Lipinski definition) is 6. The van der Waals surface area contributed by atoms with Gasteiger partial charge in [-0.25, -0.2) is 13.2 Å². The first kappa shape index (κ1) is 33.8. The van der Waals surface area contributed by atoms with E-state index in [1.54, 1.807) is 63.2 Å². The van der Waals surface area contributed by atoms with Gasteiger partial charge >= 0.3 is 5.97 Å². The van der Waals surface area contributed by atoms with Gasteiger partial charge < -0.3 is 20.8 Å². The van der Waals surface area contributed by atoms with E-state index in [2.05, 4.69) is 10.6 Å². The maximum Gasteiger partial charge on any atom is 0.326 e. The SMILES string of the molecule is CC(C)C[C@H](NC(=O)c1cccc(N(C)S(=O)(=O)Cc2ccccc2)c1)C(O)CC(C)C(=O)N[C@H](C(=O)O)C(C)C. The fourth-order valence-electron chi connectivity index (χ4n) is 4.40. The minimum atomic E-state index is -3.72. The molecule has 2 amide bonds. The lowest BCUT2D eigenvalue weighted by Crippen LogP contribution is -2.48. The third-order valence-corrected chi connectivity index (χ3v) is 8.60. The van der Waals surface area contributed by atoms with E-state index < -0.39 is 51.9 Å². The third-order valence-electron chi connectivity index (χ3n) is 6.86. The molecule has 226 valence electrons. The summed E-state index contributed by atoms with van der Waals surface area (Å²) in [7, 11) is -2.28. The molecular formula is C30H43N3O7S. The minimum Gasteiger partial charge on any atom is -0.480 e. The van der Waals surface area contributed by atoms with Crippen molar-refractivity contribution in [3.8, 4) is 0 Å². The van der Waals surface area contributed by atoms with Crippen LogP contribution in [0.15, 0.2) is 54.6 Å². The number of nitrogens with zero attached hydrogens (tertiary/aromatic N) is 1. The predicted octanol–water partition coefficient (Wildman–Crippen LogP) is 3.41. The molecule has 0 radical (unpaired) electrons. The van der Waals surface area contributed by atoms with Crippen LogP contribution in [0.3, 0.4) is 0 Å². The largest absolute Gasteiger partial charge is 0.480 e. The normalized spacial score (nSPS) is 14.7. The molecule has 11 heteroatoms. The van der Waals surface area contributed by atoms with Crippen LogP contribution < -0.4 is 14.9 Å². The van der Waals surface area contributed by atoms with Crippen molar-refractivity contribution < 1.29 is 33.0 Å². The number of carbonyl (C=O) groups excluding carboxylic acids is 2. The fraction of sp³-hybridized carbons (Fsp3) is 0.500. The van der Waals surface area contributed by atoms with Crippen LogP contribution in [0.1, 0.15) is 63.4 Å². The van der Waals surface area contributed by atoms with Crippen molar-refractivity contribution in [1.82, 2.24) is 10.6 Å². The number of nitrogens with one attached hydrogen (secondary N) is 2. The number of aliphatic hydroxyl groups excluding tert-OH is 1. The maximum absolute atomic E-state index is 13.2. The lowest BCUT2D eigenvalue weighted by Gasteiger charge is -2.28. The second-order valence-electron chi connectivity index (χ2n) is 11.2. The number of carboxylic acid groups (broad SMARTS) is 1. The number of rotatable bonds is 15. The van der Waals surface area contributed by atoms with Gasteiger partial charge in [0.2, 0.25) is 15.9 Å². The van der Waals surface area contributed by atoms with Gasteiger partial charge in [0, 0.05) is 18.5 Å². The summed E-state index contributed by atoms with van der Waals surface area (Å²) >= 11 is 0. The summed E-state index contributed by atoms with van der Waals surface area (Å²) in [6.45, 7) is 8.86. The molecule has 0 heterocycles. The molecule has 2 aromatic carbocycles. The Morgan fingerprint density at radius 2 is 1.54 bits per heavy atom. The topological polar surface area (TPSA) is 153 Å². The van der Waals surface area contributed by atoms with Crippen molar-refractivity contribution in [3.63, 3.8) is 0 Å². The minimum absolute atomic E-state index is 0.00837. The van der Waals surface area contributed by atoms with E-state index in [0.717, 1.165) is 4.31 Å². The van der Waals surface area contributed by atoms with Crippen LogP contribution in [-0.4, -0.2) is 61.6 Å². The smallest absolute Gasteiger partial charge is 0.326 e. The van der Waals surface area contributed by atoms with E-state index >= 15 is 0 Å². The summed E-state index contributed by atoms with van der Waals surface area (Å²) in [6, 6.07) is 13.3. The first-order valence-corrected chi connectivity index (χ1v) is 15.4. The average Bonchev–Trinajstić information content (AvgIpc) is 2.90. The highest BCUT2D eigenvalue weighted by atomic mass is 32.2. The monoisotopic (exact) mass is 589 g/mol. The van der Waals surface area contributed by atoms with Crippen LogP contribution in [0.4, 0.5) is 5.69 Å². The number of sulfonamides is 1. The highest BCUT2D eigenvalue weighted by Gasteiger charge is 2.30. The molecule has 2 rings (SSSR count). The first-order valence-electron chi connectivity index (χ1n) is 13.7. The molecule has 2 unspecified atom stereocenters. The van der Waals surface area contributed by atoms with Gasteiger partial charge in [-0.15, -0.1) is 0 Å². The molecule has 0 fully saturated rings. The van der Waals surface area contributed by atoms with Crippen LogP contribution in [-0.2, 0) is 25.4 Å². The Kier molecular flexibility index (Phi) is 12.3. The van der Waals surface area contributed by atoms with Crippen molar-refractivity contribution in [1.29, 1.82) is 0 Å². The molecule has 41 heavy (non-hydrogen) atoms. The van der Waals surface area contributed by atoms with Gasteiger partial charge in [-0.2, -0.15) is 0 Å². The molecule has 0 saturated heterocycles. The molecule has 2 aromatic rings. The van der Waals surface area contributed by atoms with Crippen LogP contribution in [0.2, 0.25) is 0 Å². The van der Waals surface area contributed by atoms with Gasteiger partial charge in [0.15, 0.2) is 0 Å². The summed E-state index contributed by atoms with van der Waals surface area (Å²) in [5.41, 5.74) is 1.18. The zero-order chi connectivity index (χ0) is 30.9. The van der Waals surface area contributed by atoms with Crippen molar-refractivity contribution in [2.45, 2.75) is 71.4 Å². The summed E-state index contributed by atoms with van der Waals surface area (Å²) in [5.74, 6) is -3.22. The van der Waals surface area contributed by atoms with Crippen LogP contribution in [0.5, 0.6) is 0 Å².